The lowest BCUT2D eigenvalue weighted by molar-refractivity contribution is 0.102. The Labute approximate surface area is 162 Å². The van der Waals surface area contributed by atoms with Gasteiger partial charge in [0.25, 0.3) is 5.91 Å². The summed E-state index contributed by atoms with van der Waals surface area (Å²) in [6.07, 6.45) is 0.813. The number of nitrogens with zero attached hydrogens (tertiary/aromatic N) is 3. The van der Waals surface area contributed by atoms with E-state index < -0.39 is 0 Å². The highest BCUT2D eigenvalue weighted by Crippen LogP contribution is 2.24. The summed E-state index contributed by atoms with van der Waals surface area (Å²) in [5, 5.41) is 12.5. The molecule has 0 saturated carbocycles. The van der Waals surface area contributed by atoms with E-state index in [1.165, 1.54) is 11.3 Å². The number of anilines is 1. The number of nitrogens with one attached hydrogen (secondary N) is 1. The Bertz CT molecular complexity index is 906. The number of methoxy groups -OCH3 is 1. The average molecular weight is 382 g/mol. The Hall–Kier alpha value is -2.77. The van der Waals surface area contributed by atoms with Gasteiger partial charge in [-0.1, -0.05) is 35.6 Å². The molecule has 27 heavy (non-hydrogen) atoms. The Balaban J connectivity index is 1.70. The number of carbonyl (C=O) groups excluding carboxylic acids is 1. The van der Waals surface area contributed by atoms with Crippen LogP contribution in [0.25, 0.3) is 11.1 Å². The molecular formula is C20H22N4O2S. The molecule has 1 heterocycles. The van der Waals surface area contributed by atoms with Crippen LogP contribution in [0.2, 0.25) is 0 Å². The van der Waals surface area contributed by atoms with Crippen molar-refractivity contribution in [3.8, 4) is 16.9 Å². The summed E-state index contributed by atoms with van der Waals surface area (Å²) in [6, 6.07) is 15.2. The van der Waals surface area contributed by atoms with Gasteiger partial charge in [0.05, 0.1) is 7.11 Å². The number of benzene rings is 2. The summed E-state index contributed by atoms with van der Waals surface area (Å²) < 4.78 is 5.19. The lowest BCUT2D eigenvalue weighted by Crippen LogP contribution is -2.14. The highest BCUT2D eigenvalue weighted by molar-refractivity contribution is 7.15. The fraction of sp³-hybridized carbons (Fsp3) is 0.250. The van der Waals surface area contributed by atoms with Crippen LogP contribution in [0.1, 0.15) is 15.4 Å². The number of likely N-dealkylation sites (N-methyl/N-ethyl adjacent to an activating group) is 1. The minimum absolute atomic E-state index is 0.194. The predicted molar refractivity (Wildman–Crippen MR) is 109 cm³/mol. The van der Waals surface area contributed by atoms with Crippen LogP contribution in [-0.4, -0.2) is 48.8 Å². The summed E-state index contributed by atoms with van der Waals surface area (Å²) in [4.78, 5) is 14.7. The van der Waals surface area contributed by atoms with Gasteiger partial charge in [-0.3, -0.25) is 10.1 Å². The Morgan fingerprint density at radius 3 is 2.59 bits per heavy atom. The molecule has 1 N–H and O–H groups in total. The highest BCUT2D eigenvalue weighted by atomic mass is 32.1. The minimum atomic E-state index is -0.194. The zero-order valence-electron chi connectivity index (χ0n) is 15.6. The maximum Gasteiger partial charge on any atom is 0.257 e. The highest BCUT2D eigenvalue weighted by Gasteiger charge is 2.11. The average Bonchev–Trinajstić information content (AvgIpc) is 3.14. The molecule has 1 amide bonds. The van der Waals surface area contributed by atoms with E-state index in [1.54, 1.807) is 13.2 Å². The van der Waals surface area contributed by atoms with E-state index in [9.17, 15) is 4.79 Å². The maximum absolute atomic E-state index is 12.6. The molecule has 3 aromatic rings. The van der Waals surface area contributed by atoms with Crippen molar-refractivity contribution in [1.29, 1.82) is 0 Å². The van der Waals surface area contributed by atoms with E-state index in [-0.39, 0.29) is 5.91 Å². The number of hydrogen-bond donors (Lipinski definition) is 1. The van der Waals surface area contributed by atoms with Gasteiger partial charge >= 0.3 is 0 Å². The van der Waals surface area contributed by atoms with Crippen molar-refractivity contribution >= 4 is 22.4 Å². The third-order valence-corrected chi connectivity index (χ3v) is 4.91. The monoisotopic (exact) mass is 382 g/mol. The first-order valence-corrected chi connectivity index (χ1v) is 9.40. The molecule has 0 aliphatic rings. The molecule has 6 nitrogen and oxygen atoms in total. The van der Waals surface area contributed by atoms with E-state index in [1.807, 2.05) is 56.6 Å². The van der Waals surface area contributed by atoms with Crippen LogP contribution in [-0.2, 0) is 6.42 Å². The van der Waals surface area contributed by atoms with Gasteiger partial charge in [0.1, 0.15) is 10.8 Å². The fourth-order valence-electron chi connectivity index (χ4n) is 2.52. The molecule has 0 saturated heterocycles. The van der Waals surface area contributed by atoms with Gasteiger partial charge in [0.2, 0.25) is 5.13 Å². The van der Waals surface area contributed by atoms with E-state index >= 15 is 0 Å². The van der Waals surface area contributed by atoms with Crippen LogP contribution in [0.4, 0.5) is 5.13 Å². The van der Waals surface area contributed by atoms with Gasteiger partial charge in [-0.2, -0.15) is 0 Å². The van der Waals surface area contributed by atoms with E-state index in [2.05, 4.69) is 20.4 Å². The van der Waals surface area contributed by atoms with Crippen molar-refractivity contribution in [3.05, 3.63) is 59.1 Å². The van der Waals surface area contributed by atoms with Crippen LogP contribution >= 0.6 is 11.3 Å². The van der Waals surface area contributed by atoms with Crippen LogP contribution in [0.15, 0.2) is 48.5 Å². The van der Waals surface area contributed by atoms with E-state index in [0.717, 1.165) is 34.8 Å². The van der Waals surface area contributed by atoms with Crippen molar-refractivity contribution in [2.45, 2.75) is 6.42 Å². The molecule has 140 valence electrons. The number of hydrogen-bond acceptors (Lipinski definition) is 6. The van der Waals surface area contributed by atoms with Crippen LogP contribution in [0, 0.1) is 0 Å². The molecule has 1 aromatic heterocycles. The second-order valence-corrected chi connectivity index (χ2v) is 7.38. The third-order valence-electron chi connectivity index (χ3n) is 4.01. The lowest BCUT2D eigenvalue weighted by atomic mass is 10.0. The first-order chi connectivity index (χ1) is 13.0. The van der Waals surface area contributed by atoms with E-state index in [4.69, 9.17) is 4.74 Å². The fourth-order valence-corrected chi connectivity index (χ4v) is 3.24. The van der Waals surface area contributed by atoms with Gasteiger partial charge in [0.15, 0.2) is 0 Å². The van der Waals surface area contributed by atoms with Crippen molar-refractivity contribution in [2.75, 3.05) is 33.1 Å². The molecule has 0 unspecified atom stereocenters. The van der Waals surface area contributed by atoms with Crippen molar-refractivity contribution in [3.63, 3.8) is 0 Å². The van der Waals surface area contributed by atoms with Crippen LogP contribution in [0.5, 0.6) is 5.75 Å². The van der Waals surface area contributed by atoms with Gasteiger partial charge in [-0.15, -0.1) is 10.2 Å². The molecule has 0 spiro atoms. The summed E-state index contributed by atoms with van der Waals surface area (Å²) in [6.45, 7) is 0.895. The number of ether oxygens (including phenoxy) is 1. The Kier molecular flexibility index (Phi) is 6.16. The smallest absolute Gasteiger partial charge is 0.257 e. The zero-order valence-corrected chi connectivity index (χ0v) is 16.4. The maximum atomic E-state index is 12.6. The SMILES string of the molecule is COc1ccc(-c2cccc(C(=O)Nc3nnc(CCN(C)C)s3)c2)cc1. The summed E-state index contributed by atoms with van der Waals surface area (Å²) in [7, 11) is 5.67. The summed E-state index contributed by atoms with van der Waals surface area (Å²) >= 11 is 1.41. The quantitative estimate of drug-likeness (QED) is 0.677. The minimum Gasteiger partial charge on any atom is -0.497 e. The molecule has 7 heteroatoms. The molecule has 0 bridgehead atoms. The van der Waals surface area contributed by atoms with Crippen LogP contribution in [0.3, 0.4) is 0 Å². The molecule has 0 radical (unpaired) electrons. The van der Waals surface area contributed by atoms with Gasteiger partial charge in [0, 0.05) is 18.5 Å². The first-order valence-electron chi connectivity index (χ1n) is 8.58. The second kappa shape index (κ2) is 8.75. The molecule has 0 aliphatic carbocycles. The van der Waals surface area contributed by atoms with Crippen molar-refractivity contribution < 1.29 is 9.53 Å². The number of carbonyl (C=O) groups is 1. The third kappa shape index (κ3) is 5.12. The summed E-state index contributed by atoms with van der Waals surface area (Å²) in [5.41, 5.74) is 2.56. The predicted octanol–water partition coefficient (Wildman–Crippen LogP) is 3.57. The molecule has 3 rings (SSSR count). The molecule has 0 aliphatic heterocycles. The molecule has 0 fully saturated rings. The number of rotatable bonds is 7. The molecule has 2 aromatic carbocycles. The normalized spacial score (nSPS) is 10.8. The van der Waals surface area contributed by atoms with Crippen LogP contribution < -0.4 is 10.1 Å². The van der Waals surface area contributed by atoms with Crippen molar-refractivity contribution in [1.82, 2.24) is 15.1 Å². The van der Waals surface area contributed by atoms with Crippen molar-refractivity contribution in [2.24, 2.45) is 0 Å². The zero-order chi connectivity index (χ0) is 19.2. The first kappa shape index (κ1) is 19.0. The molecule has 0 atom stereocenters. The Morgan fingerprint density at radius 1 is 1.11 bits per heavy atom. The summed E-state index contributed by atoms with van der Waals surface area (Å²) in [5.74, 6) is 0.606. The van der Waals surface area contributed by atoms with Gasteiger partial charge in [-0.05, 0) is 49.5 Å². The Morgan fingerprint density at radius 2 is 1.89 bits per heavy atom. The second-order valence-electron chi connectivity index (χ2n) is 6.32. The standard InChI is InChI=1S/C20H22N4O2S/c1-24(2)12-11-18-22-23-20(27-18)21-19(25)16-6-4-5-15(13-16)14-7-9-17(26-3)10-8-14/h4-10,13H,11-12H2,1-3H3,(H,21,23,25). The number of aromatic nitrogens is 2. The number of amides is 1. The topological polar surface area (TPSA) is 67.3 Å². The lowest BCUT2D eigenvalue weighted by Gasteiger charge is -2.07. The van der Waals surface area contributed by atoms with Gasteiger partial charge in [-0.25, -0.2) is 0 Å². The van der Waals surface area contributed by atoms with Gasteiger partial charge < -0.3 is 9.64 Å². The molecular weight excluding hydrogens is 360 g/mol. The largest absolute Gasteiger partial charge is 0.497 e. The van der Waals surface area contributed by atoms with E-state index in [0.29, 0.717) is 10.7 Å².